The van der Waals surface area contributed by atoms with Gasteiger partial charge in [-0.15, -0.1) is 11.3 Å². The summed E-state index contributed by atoms with van der Waals surface area (Å²) >= 11 is 1.73. The zero-order valence-electron chi connectivity index (χ0n) is 13.4. The van der Waals surface area contributed by atoms with Gasteiger partial charge in [0.15, 0.2) is 5.96 Å². The molecule has 1 rings (SSSR count). The van der Waals surface area contributed by atoms with Crippen LogP contribution >= 0.6 is 11.3 Å². The van der Waals surface area contributed by atoms with Crippen molar-refractivity contribution in [2.45, 2.75) is 52.9 Å². The number of aromatic nitrogens is 1. The van der Waals surface area contributed by atoms with Crippen molar-refractivity contribution in [2.24, 2.45) is 16.6 Å². The fourth-order valence-corrected chi connectivity index (χ4v) is 2.53. The molecule has 0 radical (unpaired) electrons. The summed E-state index contributed by atoms with van der Waals surface area (Å²) in [5, 5.41) is 6.46. The maximum atomic E-state index is 5.82. The van der Waals surface area contributed by atoms with Gasteiger partial charge >= 0.3 is 0 Å². The molecule has 3 N–H and O–H groups in total. The highest BCUT2D eigenvalue weighted by Crippen LogP contribution is 2.25. The van der Waals surface area contributed by atoms with Crippen molar-refractivity contribution in [3.8, 4) is 0 Å². The molecule has 4 nitrogen and oxygen atoms in total. The zero-order valence-corrected chi connectivity index (χ0v) is 14.2. The molecule has 5 heteroatoms. The van der Waals surface area contributed by atoms with Gasteiger partial charge in [-0.3, -0.25) is 4.99 Å². The first-order valence-corrected chi connectivity index (χ1v) is 8.15. The van der Waals surface area contributed by atoms with Crippen LogP contribution in [0.15, 0.2) is 10.4 Å². The Kier molecular flexibility index (Phi) is 6.46. The smallest absolute Gasteiger partial charge is 0.188 e. The topological polar surface area (TPSA) is 63.3 Å². The van der Waals surface area contributed by atoms with Gasteiger partial charge in [0.05, 0.1) is 10.7 Å². The van der Waals surface area contributed by atoms with Gasteiger partial charge in [0.25, 0.3) is 0 Å². The van der Waals surface area contributed by atoms with Crippen LogP contribution < -0.4 is 11.1 Å². The minimum absolute atomic E-state index is 0.133. The average molecular weight is 296 g/mol. The molecule has 0 aromatic carbocycles. The molecule has 0 aliphatic rings. The first-order valence-electron chi connectivity index (χ1n) is 7.27. The lowest BCUT2D eigenvalue weighted by Gasteiger charge is -2.13. The maximum absolute atomic E-state index is 5.82. The second-order valence-electron chi connectivity index (χ2n) is 6.52. The van der Waals surface area contributed by atoms with Crippen LogP contribution in [-0.4, -0.2) is 24.0 Å². The molecule has 0 atom stereocenters. The van der Waals surface area contributed by atoms with Crippen molar-refractivity contribution in [2.75, 3.05) is 13.1 Å². The third-order valence-electron chi connectivity index (χ3n) is 2.87. The van der Waals surface area contributed by atoms with Gasteiger partial charge < -0.3 is 11.1 Å². The van der Waals surface area contributed by atoms with Gasteiger partial charge in [-0.1, -0.05) is 34.6 Å². The van der Waals surface area contributed by atoms with Crippen LogP contribution in [0.3, 0.4) is 0 Å². The average Bonchev–Trinajstić information content (AvgIpc) is 2.77. The molecule has 20 heavy (non-hydrogen) atoms. The Labute approximate surface area is 126 Å². The van der Waals surface area contributed by atoms with Gasteiger partial charge in [-0.2, -0.15) is 0 Å². The van der Waals surface area contributed by atoms with Crippen molar-refractivity contribution in [1.29, 1.82) is 0 Å². The lowest BCUT2D eigenvalue weighted by molar-refractivity contribution is 0.582. The molecule has 0 fully saturated rings. The number of rotatable bonds is 6. The van der Waals surface area contributed by atoms with E-state index in [-0.39, 0.29) is 5.41 Å². The van der Waals surface area contributed by atoms with Crippen LogP contribution in [0.5, 0.6) is 0 Å². The summed E-state index contributed by atoms with van der Waals surface area (Å²) in [6.07, 6.45) is 1.95. The molecule has 1 heterocycles. The summed E-state index contributed by atoms with van der Waals surface area (Å²) in [6, 6.07) is 0. The summed E-state index contributed by atoms with van der Waals surface area (Å²) in [6.45, 7) is 12.5. The highest BCUT2D eigenvalue weighted by Gasteiger charge is 2.17. The molecule has 0 bridgehead atoms. The third kappa shape index (κ3) is 6.37. The molecular formula is C15H28N4S. The predicted octanol–water partition coefficient (Wildman–Crippen LogP) is 2.93. The van der Waals surface area contributed by atoms with E-state index < -0.39 is 0 Å². The molecule has 0 aliphatic heterocycles. The van der Waals surface area contributed by atoms with E-state index in [0.717, 1.165) is 31.6 Å². The monoisotopic (exact) mass is 296 g/mol. The lowest BCUT2D eigenvalue weighted by atomic mass is 9.98. The van der Waals surface area contributed by atoms with Crippen molar-refractivity contribution < 1.29 is 0 Å². The fraction of sp³-hybridized carbons (Fsp3) is 0.733. The standard InChI is InChI=1S/C15H28N4S/c1-11(2)6-8-17-14(16)18-9-7-12-10-20-13(19-12)15(3,4)5/h10-11H,6-9H2,1-5H3,(H3,16,17,18). The SMILES string of the molecule is CC(C)CCN=C(N)NCCc1csc(C(C)(C)C)n1. The molecule has 114 valence electrons. The Hall–Kier alpha value is -1.10. The molecule has 0 aliphatic carbocycles. The molecule has 1 aromatic heterocycles. The van der Waals surface area contributed by atoms with Crippen LogP contribution in [0.4, 0.5) is 0 Å². The maximum Gasteiger partial charge on any atom is 0.188 e. The fourth-order valence-electron chi connectivity index (χ4n) is 1.58. The minimum atomic E-state index is 0.133. The van der Waals surface area contributed by atoms with Crippen molar-refractivity contribution >= 4 is 17.3 Å². The second-order valence-corrected chi connectivity index (χ2v) is 7.38. The van der Waals surface area contributed by atoms with E-state index in [2.05, 4.69) is 55.3 Å². The molecule has 0 saturated carbocycles. The van der Waals surface area contributed by atoms with E-state index in [4.69, 9.17) is 5.73 Å². The predicted molar refractivity (Wildman–Crippen MR) is 88.5 cm³/mol. The second kappa shape index (κ2) is 7.62. The zero-order chi connectivity index (χ0) is 15.2. The van der Waals surface area contributed by atoms with E-state index in [1.807, 2.05) is 0 Å². The van der Waals surface area contributed by atoms with Crippen molar-refractivity contribution in [3.05, 3.63) is 16.1 Å². The van der Waals surface area contributed by atoms with E-state index in [9.17, 15) is 0 Å². The Morgan fingerprint density at radius 3 is 2.70 bits per heavy atom. The normalized spacial score (nSPS) is 13.0. The third-order valence-corrected chi connectivity index (χ3v) is 4.19. The Balaban J connectivity index is 2.32. The van der Waals surface area contributed by atoms with Crippen LogP contribution in [-0.2, 0) is 11.8 Å². The molecule has 0 saturated heterocycles. The number of thiazole rings is 1. The molecule has 0 spiro atoms. The molecule has 0 unspecified atom stereocenters. The summed E-state index contributed by atoms with van der Waals surface area (Å²) in [5.74, 6) is 1.20. The van der Waals surface area contributed by atoms with Gasteiger partial charge in [-0.05, 0) is 12.3 Å². The van der Waals surface area contributed by atoms with Gasteiger partial charge in [0.2, 0.25) is 0 Å². The van der Waals surface area contributed by atoms with Gasteiger partial charge in [-0.25, -0.2) is 4.98 Å². The number of hydrogen-bond donors (Lipinski definition) is 2. The van der Waals surface area contributed by atoms with E-state index >= 15 is 0 Å². The number of hydrogen-bond acceptors (Lipinski definition) is 3. The van der Waals surface area contributed by atoms with Crippen LogP contribution in [0, 0.1) is 5.92 Å². The van der Waals surface area contributed by atoms with E-state index in [1.54, 1.807) is 11.3 Å². The van der Waals surface area contributed by atoms with Gasteiger partial charge in [0.1, 0.15) is 0 Å². The molecule has 1 aromatic rings. The number of guanidine groups is 1. The Morgan fingerprint density at radius 1 is 1.45 bits per heavy atom. The molecular weight excluding hydrogens is 268 g/mol. The number of nitrogens with zero attached hydrogens (tertiary/aromatic N) is 2. The molecule has 0 amide bonds. The van der Waals surface area contributed by atoms with Crippen LogP contribution in [0.2, 0.25) is 0 Å². The van der Waals surface area contributed by atoms with Crippen molar-refractivity contribution in [1.82, 2.24) is 10.3 Å². The van der Waals surface area contributed by atoms with E-state index in [1.165, 1.54) is 5.01 Å². The minimum Gasteiger partial charge on any atom is -0.370 e. The summed E-state index contributed by atoms with van der Waals surface area (Å²) in [4.78, 5) is 8.97. The highest BCUT2D eigenvalue weighted by molar-refractivity contribution is 7.09. The lowest BCUT2D eigenvalue weighted by Crippen LogP contribution is -2.33. The van der Waals surface area contributed by atoms with Crippen LogP contribution in [0.25, 0.3) is 0 Å². The summed E-state index contributed by atoms with van der Waals surface area (Å²) in [7, 11) is 0. The largest absolute Gasteiger partial charge is 0.370 e. The highest BCUT2D eigenvalue weighted by atomic mass is 32.1. The van der Waals surface area contributed by atoms with Crippen LogP contribution in [0.1, 0.15) is 51.7 Å². The first kappa shape index (κ1) is 17.0. The van der Waals surface area contributed by atoms with Gasteiger partial charge in [0, 0.05) is 30.3 Å². The number of aliphatic imine (C=N–C) groups is 1. The van der Waals surface area contributed by atoms with Crippen molar-refractivity contribution in [3.63, 3.8) is 0 Å². The number of nitrogens with one attached hydrogen (secondary N) is 1. The number of nitrogens with two attached hydrogens (primary N) is 1. The van der Waals surface area contributed by atoms with E-state index in [0.29, 0.717) is 11.9 Å². The summed E-state index contributed by atoms with van der Waals surface area (Å²) in [5.41, 5.74) is 7.08. The quantitative estimate of drug-likeness (QED) is 0.626. The Morgan fingerprint density at radius 2 is 2.15 bits per heavy atom. The first-order chi connectivity index (χ1) is 9.29. The summed E-state index contributed by atoms with van der Waals surface area (Å²) < 4.78 is 0. The Bertz CT molecular complexity index is 429.